The zero-order chi connectivity index (χ0) is 29.4. The van der Waals surface area contributed by atoms with Crippen molar-refractivity contribution in [1.82, 2.24) is 15.8 Å². The highest BCUT2D eigenvalue weighted by atomic mass is 16.5. The van der Waals surface area contributed by atoms with Gasteiger partial charge in [-0.05, 0) is 54.5 Å². The van der Waals surface area contributed by atoms with Crippen molar-refractivity contribution in [1.29, 1.82) is 0 Å². The van der Waals surface area contributed by atoms with Crippen LogP contribution in [0.2, 0.25) is 0 Å². The Balaban J connectivity index is 1.77. The van der Waals surface area contributed by atoms with Crippen molar-refractivity contribution in [3.8, 4) is 17.2 Å². The maximum atomic E-state index is 13.6. The first-order valence-corrected chi connectivity index (χ1v) is 13.2. The lowest BCUT2D eigenvalue weighted by Crippen LogP contribution is -2.51. The summed E-state index contributed by atoms with van der Waals surface area (Å²) in [6.45, 7) is 5.62. The predicted octanol–water partition coefficient (Wildman–Crippen LogP) is 4.44. The van der Waals surface area contributed by atoms with Crippen LogP contribution in [0.1, 0.15) is 56.1 Å². The molecule has 4 N–H and O–H groups in total. The van der Waals surface area contributed by atoms with E-state index in [0.717, 1.165) is 16.5 Å². The van der Waals surface area contributed by atoms with Crippen LogP contribution in [0.5, 0.6) is 17.2 Å². The van der Waals surface area contributed by atoms with E-state index < -0.39 is 29.2 Å². The molecule has 0 bridgehead atoms. The smallest absolute Gasteiger partial charge is 0.244 e. The Morgan fingerprint density at radius 2 is 1.62 bits per heavy atom. The highest BCUT2D eigenvalue weighted by molar-refractivity contribution is 6.04. The van der Waals surface area contributed by atoms with E-state index in [1.54, 1.807) is 11.5 Å². The summed E-state index contributed by atoms with van der Waals surface area (Å²) >= 11 is 0. The third-order valence-corrected chi connectivity index (χ3v) is 6.88. The maximum absolute atomic E-state index is 13.6. The fourth-order valence-corrected chi connectivity index (χ4v) is 4.72. The molecule has 1 heterocycles. The third-order valence-electron chi connectivity index (χ3n) is 6.88. The molecule has 0 aliphatic heterocycles. The van der Waals surface area contributed by atoms with Crippen molar-refractivity contribution in [3.63, 3.8) is 0 Å². The van der Waals surface area contributed by atoms with Crippen molar-refractivity contribution in [2.24, 2.45) is 11.3 Å². The summed E-state index contributed by atoms with van der Waals surface area (Å²) in [6.07, 6.45) is 1.23. The molecule has 0 saturated carbocycles. The molecule has 2 amide bonds. The van der Waals surface area contributed by atoms with Gasteiger partial charge in [-0.1, -0.05) is 39.0 Å². The number of carbonyl (C=O) groups is 3. The summed E-state index contributed by atoms with van der Waals surface area (Å²) in [5.41, 5.74) is 3.13. The zero-order valence-corrected chi connectivity index (χ0v) is 23.9. The maximum Gasteiger partial charge on any atom is 0.244 e. The number of aryl methyl sites for hydroxylation is 1. The fourth-order valence-electron chi connectivity index (χ4n) is 4.72. The van der Waals surface area contributed by atoms with E-state index >= 15 is 0 Å². The number of nitrogens with one attached hydrogen (secondary N) is 3. The first kappa shape index (κ1) is 30.5. The van der Waals surface area contributed by atoms with Crippen LogP contribution in [0.25, 0.3) is 10.9 Å². The van der Waals surface area contributed by atoms with E-state index in [2.05, 4.69) is 10.3 Å². The minimum atomic E-state index is -0.845. The fraction of sp³-hybridized carbons (Fsp3) is 0.433. The van der Waals surface area contributed by atoms with Gasteiger partial charge in [0, 0.05) is 23.2 Å². The van der Waals surface area contributed by atoms with Crippen molar-refractivity contribution in [2.75, 3.05) is 21.3 Å². The van der Waals surface area contributed by atoms with E-state index in [1.807, 2.05) is 57.2 Å². The molecule has 2 atom stereocenters. The number of amides is 2. The monoisotopic (exact) mass is 553 g/mol. The Hall–Kier alpha value is -4.05. The first-order chi connectivity index (χ1) is 19.0. The zero-order valence-electron chi connectivity index (χ0n) is 23.9. The molecule has 0 saturated heterocycles. The number of hydrogen-bond acceptors (Lipinski definition) is 7. The second-order valence-electron chi connectivity index (χ2n) is 10.8. The molecular formula is C30H39N3O7. The van der Waals surface area contributed by atoms with Crippen LogP contribution in [-0.2, 0) is 16.0 Å². The van der Waals surface area contributed by atoms with Gasteiger partial charge in [0.25, 0.3) is 0 Å². The van der Waals surface area contributed by atoms with E-state index in [9.17, 15) is 14.4 Å². The molecular weight excluding hydrogens is 514 g/mol. The molecule has 40 heavy (non-hydrogen) atoms. The van der Waals surface area contributed by atoms with Crippen molar-refractivity contribution in [2.45, 2.75) is 52.5 Å². The van der Waals surface area contributed by atoms with Gasteiger partial charge in [-0.3, -0.25) is 19.6 Å². The van der Waals surface area contributed by atoms with Gasteiger partial charge in [0.2, 0.25) is 23.3 Å². The summed E-state index contributed by atoms with van der Waals surface area (Å²) in [6, 6.07) is 12.2. The number of aromatic nitrogens is 1. The number of fused-ring (bicyclic) bond motifs is 1. The van der Waals surface area contributed by atoms with Crippen LogP contribution in [0.3, 0.4) is 0 Å². The normalized spacial score (nSPS) is 12.9. The highest BCUT2D eigenvalue weighted by Gasteiger charge is 2.36. The number of hydrogen-bond donors (Lipinski definition) is 4. The Labute approximate surface area is 234 Å². The largest absolute Gasteiger partial charge is 0.493 e. The van der Waals surface area contributed by atoms with E-state index in [4.69, 9.17) is 19.4 Å². The van der Waals surface area contributed by atoms with Gasteiger partial charge < -0.3 is 24.5 Å². The van der Waals surface area contributed by atoms with Gasteiger partial charge in [-0.2, -0.15) is 0 Å². The van der Waals surface area contributed by atoms with Crippen LogP contribution in [0.15, 0.2) is 42.5 Å². The second kappa shape index (κ2) is 13.3. The van der Waals surface area contributed by atoms with E-state index in [0.29, 0.717) is 42.2 Å². The molecule has 216 valence electrons. The number of ether oxygens (including phenoxy) is 3. The standard InChI is InChI=1S/C30H39N3O7/c1-30(2,3)28(26(35)22-16-19-11-7-8-13-21(19)31-22)32-29(36)20(17-25(34)33-37)12-9-10-18-14-23(38-4)27(40-6)24(15-18)39-5/h7-8,11,13-16,20,28,31,37H,9-10,12,17H2,1-6H3,(H,32,36)(H,33,34)/t20-,28+/m0/s1. The van der Waals surface area contributed by atoms with Crippen LogP contribution in [0, 0.1) is 11.3 Å². The van der Waals surface area contributed by atoms with Crippen LogP contribution >= 0.6 is 0 Å². The van der Waals surface area contributed by atoms with E-state index in [1.165, 1.54) is 21.3 Å². The molecule has 2 aromatic carbocycles. The summed E-state index contributed by atoms with van der Waals surface area (Å²) in [7, 11) is 4.61. The Morgan fingerprint density at radius 1 is 0.975 bits per heavy atom. The molecule has 3 aromatic rings. The van der Waals surface area contributed by atoms with Gasteiger partial charge in [0.1, 0.15) is 0 Å². The molecule has 10 heteroatoms. The molecule has 10 nitrogen and oxygen atoms in total. The molecule has 0 radical (unpaired) electrons. The van der Waals surface area contributed by atoms with Crippen molar-refractivity contribution in [3.05, 3.63) is 53.7 Å². The number of Topliss-reactive ketones (excluding diaryl/α,β-unsaturated/α-hetero) is 1. The van der Waals surface area contributed by atoms with Crippen LogP contribution in [-0.4, -0.2) is 55.2 Å². The summed E-state index contributed by atoms with van der Waals surface area (Å²) in [5.74, 6) is -0.600. The summed E-state index contributed by atoms with van der Waals surface area (Å²) < 4.78 is 16.2. The lowest BCUT2D eigenvalue weighted by Gasteiger charge is -2.31. The number of rotatable bonds is 13. The number of hydroxylamine groups is 1. The van der Waals surface area contributed by atoms with Gasteiger partial charge in [0.05, 0.1) is 33.1 Å². The average Bonchev–Trinajstić information content (AvgIpc) is 3.38. The number of methoxy groups -OCH3 is 3. The third kappa shape index (κ3) is 7.32. The second-order valence-corrected chi connectivity index (χ2v) is 10.8. The Bertz CT molecular complexity index is 1280. The van der Waals surface area contributed by atoms with Crippen molar-refractivity contribution < 1.29 is 33.8 Å². The number of ketones is 1. The topological polar surface area (TPSA) is 139 Å². The predicted molar refractivity (Wildman–Crippen MR) is 151 cm³/mol. The van der Waals surface area contributed by atoms with Crippen LogP contribution in [0.4, 0.5) is 0 Å². The number of carbonyl (C=O) groups excluding carboxylic acids is 3. The average molecular weight is 554 g/mol. The van der Waals surface area contributed by atoms with Gasteiger partial charge in [0.15, 0.2) is 11.5 Å². The minimum absolute atomic E-state index is 0.227. The summed E-state index contributed by atoms with van der Waals surface area (Å²) in [4.78, 5) is 42.3. The van der Waals surface area contributed by atoms with Gasteiger partial charge in [-0.15, -0.1) is 0 Å². The molecule has 3 rings (SSSR count). The number of aromatic amines is 1. The van der Waals surface area contributed by atoms with Gasteiger partial charge >= 0.3 is 0 Å². The molecule has 0 aliphatic carbocycles. The Morgan fingerprint density at radius 3 is 2.17 bits per heavy atom. The number of H-pyrrole nitrogens is 1. The summed E-state index contributed by atoms with van der Waals surface area (Å²) in [5, 5.41) is 12.9. The lowest BCUT2D eigenvalue weighted by molar-refractivity contribution is -0.135. The minimum Gasteiger partial charge on any atom is -0.493 e. The molecule has 1 aromatic heterocycles. The molecule has 0 spiro atoms. The lowest BCUT2D eigenvalue weighted by atomic mass is 9.82. The molecule has 0 aliphatic rings. The van der Waals surface area contributed by atoms with Crippen molar-refractivity contribution >= 4 is 28.5 Å². The highest BCUT2D eigenvalue weighted by Crippen LogP contribution is 2.38. The Kier molecular flexibility index (Phi) is 10.2. The first-order valence-electron chi connectivity index (χ1n) is 13.2. The SMILES string of the molecule is COc1cc(CCC[C@@H](CC(=O)NO)C(=O)N[C@H](C(=O)c2cc3ccccc3[nH]2)C(C)(C)C)cc(OC)c1OC. The molecule has 0 fully saturated rings. The number of benzene rings is 2. The number of para-hydroxylation sites is 1. The van der Waals surface area contributed by atoms with Gasteiger partial charge in [-0.25, -0.2) is 5.48 Å². The van der Waals surface area contributed by atoms with E-state index in [-0.39, 0.29) is 12.2 Å². The molecule has 0 unspecified atom stereocenters. The van der Waals surface area contributed by atoms with Crippen LogP contribution < -0.4 is 25.0 Å². The quantitative estimate of drug-likeness (QED) is 0.139.